The Balaban J connectivity index is 1.49. The Hall–Kier alpha value is -2.32. The summed E-state index contributed by atoms with van der Waals surface area (Å²) in [5.41, 5.74) is 1.96. The normalized spacial score (nSPS) is 15.2. The average molecular weight is 386 g/mol. The number of nitrogens with zero attached hydrogens (tertiary/aromatic N) is 5. The van der Waals surface area contributed by atoms with E-state index in [2.05, 4.69) is 15.1 Å². The van der Waals surface area contributed by atoms with Crippen molar-refractivity contribution in [2.24, 2.45) is 4.99 Å². The quantitative estimate of drug-likeness (QED) is 0.519. The van der Waals surface area contributed by atoms with E-state index in [1.54, 1.807) is 17.2 Å². The molecule has 4 rings (SSSR count). The number of rotatable bonds is 5. The lowest BCUT2D eigenvalue weighted by atomic mass is 10.2. The summed E-state index contributed by atoms with van der Waals surface area (Å²) in [6.07, 6.45) is 9.49. The number of thiazole rings is 1. The van der Waals surface area contributed by atoms with Gasteiger partial charge in [-0.2, -0.15) is 5.10 Å². The van der Waals surface area contributed by atoms with E-state index in [1.165, 1.54) is 30.5 Å². The highest BCUT2D eigenvalue weighted by Gasteiger charge is 2.22. The number of hydrogen-bond donors (Lipinski definition) is 1. The van der Waals surface area contributed by atoms with Gasteiger partial charge in [-0.05, 0) is 42.8 Å². The van der Waals surface area contributed by atoms with Gasteiger partial charge in [-0.3, -0.25) is 9.56 Å². The van der Waals surface area contributed by atoms with Crippen molar-refractivity contribution in [2.45, 2.75) is 38.3 Å². The molecule has 3 aromatic rings. The number of aliphatic imine (C=N–C) groups is 1. The first-order chi connectivity index (χ1) is 12.7. The van der Waals surface area contributed by atoms with Gasteiger partial charge in [0.05, 0.1) is 18.4 Å². The minimum Gasteiger partial charge on any atom is -0.493 e. The van der Waals surface area contributed by atoms with E-state index in [-0.39, 0.29) is 5.88 Å². The second-order valence-corrected chi connectivity index (χ2v) is 8.06. The van der Waals surface area contributed by atoms with Crippen LogP contribution in [0.1, 0.15) is 42.2 Å². The highest BCUT2D eigenvalue weighted by Crippen LogP contribution is 2.36. The van der Waals surface area contributed by atoms with Gasteiger partial charge in [0.1, 0.15) is 17.5 Å². The summed E-state index contributed by atoms with van der Waals surface area (Å²) >= 11 is 6.86. The summed E-state index contributed by atoms with van der Waals surface area (Å²) in [4.78, 5) is 9.14. The molecule has 1 aromatic carbocycles. The molecule has 134 valence electrons. The van der Waals surface area contributed by atoms with Crippen LogP contribution in [0.3, 0.4) is 0 Å². The smallest absolute Gasteiger partial charge is 0.212 e. The molecule has 0 spiro atoms. The van der Waals surface area contributed by atoms with Crippen molar-refractivity contribution in [3.05, 3.63) is 51.3 Å². The topological polar surface area (TPSA) is 68.2 Å². The summed E-state index contributed by atoms with van der Waals surface area (Å²) in [5.74, 6) is 0.249. The van der Waals surface area contributed by atoms with Gasteiger partial charge in [-0.15, -0.1) is 0 Å². The van der Waals surface area contributed by atoms with Crippen LogP contribution in [0.25, 0.3) is 0 Å². The van der Waals surface area contributed by atoms with Crippen LogP contribution in [-0.4, -0.2) is 30.7 Å². The molecule has 0 radical (unpaired) electrons. The summed E-state index contributed by atoms with van der Waals surface area (Å²) in [6, 6.07) is 8.26. The van der Waals surface area contributed by atoms with Crippen molar-refractivity contribution in [1.82, 2.24) is 19.3 Å². The summed E-state index contributed by atoms with van der Waals surface area (Å²) in [5, 5.41) is 14.6. The molecular weight excluding hydrogens is 366 g/mol. The molecule has 2 aromatic heterocycles. The van der Waals surface area contributed by atoms with Gasteiger partial charge in [0.25, 0.3) is 0 Å². The van der Waals surface area contributed by atoms with Gasteiger partial charge >= 0.3 is 0 Å². The molecule has 0 saturated heterocycles. The van der Waals surface area contributed by atoms with E-state index in [0.29, 0.717) is 17.5 Å². The molecule has 2 heterocycles. The predicted octanol–water partition coefficient (Wildman–Crippen LogP) is 4.49. The van der Waals surface area contributed by atoms with Crippen molar-refractivity contribution < 1.29 is 5.11 Å². The molecule has 0 atom stereocenters. The lowest BCUT2D eigenvalue weighted by Crippen LogP contribution is -2.03. The second-order valence-electron chi connectivity index (χ2n) is 6.38. The SMILES string of the molecule is Oc1c(C=Nc2ccc(Cn3cncn3)cc2)sc(=S)n1C1CCCC1. The van der Waals surface area contributed by atoms with Crippen molar-refractivity contribution in [3.63, 3.8) is 0 Å². The van der Waals surface area contributed by atoms with Gasteiger partial charge in [0.15, 0.2) is 3.95 Å². The third kappa shape index (κ3) is 3.61. The Kier molecular flexibility index (Phi) is 4.94. The van der Waals surface area contributed by atoms with E-state index in [1.807, 2.05) is 28.8 Å². The van der Waals surface area contributed by atoms with E-state index in [9.17, 15) is 5.11 Å². The van der Waals surface area contributed by atoms with Gasteiger partial charge in [-0.1, -0.05) is 36.3 Å². The van der Waals surface area contributed by atoms with Gasteiger partial charge in [0.2, 0.25) is 5.88 Å². The molecule has 0 bridgehead atoms. The monoisotopic (exact) mass is 385 g/mol. The van der Waals surface area contributed by atoms with Crippen LogP contribution < -0.4 is 0 Å². The van der Waals surface area contributed by atoms with Crippen LogP contribution >= 0.6 is 23.6 Å². The zero-order valence-electron chi connectivity index (χ0n) is 14.2. The molecule has 1 saturated carbocycles. The number of hydrogen-bond acceptors (Lipinski definition) is 6. The molecule has 6 nitrogen and oxygen atoms in total. The van der Waals surface area contributed by atoms with E-state index in [4.69, 9.17) is 12.2 Å². The first-order valence-corrected chi connectivity index (χ1v) is 9.83. The highest BCUT2D eigenvalue weighted by atomic mass is 32.1. The molecule has 1 aliphatic carbocycles. The maximum absolute atomic E-state index is 10.5. The third-order valence-electron chi connectivity index (χ3n) is 4.61. The van der Waals surface area contributed by atoms with Gasteiger partial charge in [-0.25, -0.2) is 9.67 Å². The minimum atomic E-state index is 0.249. The highest BCUT2D eigenvalue weighted by molar-refractivity contribution is 7.73. The van der Waals surface area contributed by atoms with Crippen LogP contribution in [-0.2, 0) is 6.54 Å². The van der Waals surface area contributed by atoms with E-state index < -0.39 is 0 Å². The summed E-state index contributed by atoms with van der Waals surface area (Å²) < 4.78 is 4.39. The largest absolute Gasteiger partial charge is 0.493 e. The number of aromatic hydroxyl groups is 1. The Bertz CT molecular complexity index is 951. The fraction of sp³-hybridized carbons (Fsp3) is 0.333. The number of aromatic nitrogens is 4. The van der Waals surface area contributed by atoms with E-state index >= 15 is 0 Å². The first kappa shape index (κ1) is 17.1. The van der Waals surface area contributed by atoms with Gasteiger partial charge in [0, 0.05) is 6.04 Å². The van der Waals surface area contributed by atoms with E-state index in [0.717, 1.165) is 28.0 Å². The fourth-order valence-electron chi connectivity index (χ4n) is 3.28. The Morgan fingerprint density at radius 3 is 2.73 bits per heavy atom. The lowest BCUT2D eigenvalue weighted by molar-refractivity contribution is 0.380. The van der Waals surface area contributed by atoms with Crippen LogP contribution in [0, 0.1) is 3.95 Å². The molecule has 1 N–H and O–H groups in total. The maximum atomic E-state index is 10.5. The Labute approximate surface area is 160 Å². The Morgan fingerprint density at radius 2 is 2.04 bits per heavy atom. The van der Waals surface area contributed by atoms with Crippen molar-refractivity contribution in [1.29, 1.82) is 0 Å². The molecule has 8 heteroatoms. The molecule has 0 amide bonds. The minimum absolute atomic E-state index is 0.249. The molecule has 1 fully saturated rings. The standard InChI is InChI=1S/C18H19N5OS2/c24-17-16(26-18(25)23(17)15-3-1-2-4-15)9-20-14-7-5-13(6-8-14)10-22-12-19-11-21-22/h5-9,11-12,15,24H,1-4,10H2. The average Bonchev–Trinajstić information content (AvgIpc) is 3.38. The third-order valence-corrected chi connectivity index (χ3v) is 5.94. The van der Waals surface area contributed by atoms with Crippen LogP contribution in [0.4, 0.5) is 5.69 Å². The summed E-state index contributed by atoms with van der Waals surface area (Å²) in [6.45, 7) is 0.677. The fourth-order valence-corrected chi connectivity index (χ4v) is 4.61. The second kappa shape index (κ2) is 7.51. The lowest BCUT2D eigenvalue weighted by Gasteiger charge is -2.12. The zero-order valence-corrected chi connectivity index (χ0v) is 15.8. The van der Waals surface area contributed by atoms with Crippen molar-refractivity contribution in [3.8, 4) is 5.88 Å². The van der Waals surface area contributed by atoms with Crippen molar-refractivity contribution >= 4 is 35.5 Å². The molecule has 26 heavy (non-hydrogen) atoms. The van der Waals surface area contributed by atoms with Crippen LogP contribution in [0.15, 0.2) is 41.9 Å². The zero-order chi connectivity index (χ0) is 17.9. The molecule has 0 aliphatic heterocycles. The Morgan fingerprint density at radius 1 is 1.27 bits per heavy atom. The van der Waals surface area contributed by atoms with Crippen molar-refractivity contribution in [2.75, 3.05) is 0 Å². The molecular formula is C18H19N5OS2. The summed E-state index contributed by atoms with van der Waals surface area (Å²) in [7, 11) is 0. The molecule has 0 unspecified atom stereocenters. The predicted molar refractivity (Wildman–Crippen MR) is 105 cm³/mol. The number of benzene rings is 1. The van der Waals surface area contributed by atoms with Gasteiger partial charge < -0.3 is 5.11 Å². The maximum Gasteiger partial charge on any atom is 0.212 e. The first-order valence-electron chi connectivity index (χ1n) is 8.60. The van der Waals surface area contributed by atoms with Crippen LogP contribution in [0.2, 0.25) is 0 Å². The molecule has 1 aliphatic rings. The van der Waals surface area contributed by atoms with Crippen LogP contribution in [0.5, 0.6) is 5.88 Å².